The largest absolute Gasteiger partial charge is 0.302 e. The van der Waals surface area contributed by atoms with E-state index < -0.39 is 0 Å². The Morgan fingerprint density at radius 3 is 2.83 bits per heavy atom. The second kappa shape index (κ2) is 7.29. The fourth-order valence-electron chi connectivity index (χ4n) is 3.95. The molecule has 8 nitrogen and oxygen atoms in total. The normalized spacial score (nSPS) is 15.1. The fraction of sp³-hybridized carbons (Fsp3) is 0.429. The number of rotatable bonds is 4. The number of Topliss-reactive ketones (excluding diaryl/α,β-unsaturated/α-hetero) is 1. The number of hydrogen-bond donors (Lipinski definition) is 1. The van der Waals surface area contributed by atoms with Crippen molar-refractivity contribution in [1.82, 2.24) is 19.6 Å². The molecule has 0 aliphatic heterocycles. The van der Waals surface area contributed by atoms with Crippen molar-refractivity contribution in [3.8, 4) is 6.07 Å². The van der Waals surface area contributed by atoms with Crippen LogP contribution in [0.5, 0.6) is 0 Å². The Bertz CT molecular complexity index is 1230. The molecule has 154 valence electrons. The zero-order valence-electron chi connectivity index (χ0n) is 17.4. The van der Waals surface area contributed by atoms with Gasteiger partial charge in [0.1, 0.15) is 11.6 Å². The van der Waals surface area contributed by atoms with Crippen molar-refractivity contribution in [2.45, 2.75) is 53.4 Å². The molecule has 0 bridgehead atoms. The van der Waals surface area contributed by atoms with Crippen molar-refractivity contribution in [3.05, 3.63) is 39.3 Å². The minimum Gasteiger partial charge on any atom is -0.302 e. The van der Waals surface area contributed by atoms with Crippen LogP contribution >= 0.6 is 11.3 Å². The molecule has 0 spiro atoms. The van der Waals surface area contributed by atoms with Crippen molar-refractivity contribution < 1.29 is 9.59 Å². The summed E-state index contributed by atoms with van der Waals surface area (Å²) < 4.78 is 1.64. The number of amides is 1. The lowest BCUT2D eigenvalue weighted by molar-refractivity contribution is -0.116. The van der Waals surface area contributed by atoms with Crippen molar-refractivity contribution in [2.75, 3.05) is 5.32 Å². The molecule has 1 aliphatic rings. The van der Waals surface area contributed by atoms with Crippen molar-refractivity contribution in [2.24, 2.45) is 5.41 Å². The van der Waals surface area contributed by atoms with Crippen LogP contribution in [-0.4, -0.2) is 31.3 Å². The van der Waals surface area contributed by atoms with Crippen LogP contribution in [0.15, 0.2) is 6.20 Å². The molecule has 30 heavy (non-hydrogen) atoms. The number of anilines is 1. The van der Waals surface area contributed by atoms with E-state index in [0.717, 1.165) is 29.1 Å². The lowest BCUT2D eigenvalue weighted by Crippen LogP contribution is -2.26. The summed E-state index contributed by atoms with van der Waals surface area (Å²) in [5.74, 6) is -0.0641. The summed E-state index contributed by atoms with van der Waals surface area (Å²) in [5, 5.41) is 16.7. The van der Waals surface area contributed by atoms with Crippen LogP contribution in [0.3, 0.4) is 0 Å². The maximum Gasteiger partial charge on any atom is 0.226 e. The molecule has 4 rings (SSSR count). The Hall–Kier alpha value is -3.12. The standard InChI is InChI=1S/C21H22N6O2S/c1-11-14(12(2)27-19(24-11)13(9-22)10-23-27)5-6-17(29)26-20-25-15-7-21(3,4)8-16(28)18(15)30-20/h10H,5-8H2,1-4H3,(H,25,26,29). The second-order valence-electron chi connectivity index (χ2n) is 8.45. The smallest absolute Gasteiger partial charge is 0.226 e. The average Bonchev–Trinajstić information content (AvgIpc) is 3.24. The number of nitriles is 1. The first-order valence-electron chi connectivity index (χ1n) is 9.75. The molecule has 0 saturated heterocycles. The zero-order chi connectivity index (χ0) is 21.6. The number of ketones is 1. The molecule has 0 radical (unpaired) electrons. The topological polar surface area (TPSA) is 113 Å². The summed E-state index contributed by atoms with van der Waals surface area (Å²) in [5.41, 5.74) is 4.22. The van der Waals surface area contributed by atoms with Gasteiger partial charge in [-0.1, -0.05) is 25.2 Å². The number of carbonyl (C=O) groups is 2. The number of nitrogens with zero attached hydrogens (tertiary/aromatic N) is 5. The molecule has 1 amide bonds. The van der Waals surface area contributed by atoms with Gasteiger partial charge in [-0.25, -0.2) is 14.5 Å². The van der Waals surface area contributed by atoms with Gasteiger partial charge in [0, 0.05) is 24.2 Å². The molecular formula is C21H22N6O2S. The molecule has 0 saturated carbocycles. The third kappa shape index (κ3) is 3.59. The quantitative estimate of drug-likeness (QED) is 0.689. The molecule has 0 unspecified atom stereocenters. The number of fused-ring (bicyclic) bond motifs is 2. The minimum absolute atomic E-state index is 0.0980. The first-order valence-corrected chi connectivity index (χ1v) is 10.6. The average molecular weight is 423 g/mol. The Labute approximate surface area is 178 Å². The van der Waals surface area contributed by atoms with Crippen LogP contribution in [0.1, 0.15) is 64.6 Å². The summed E-state index contributed by atoms with van der Waals surface area (Å²) in [7, 11) is 0. The van der Waals surface area contributed by atoms with Gasteiger partial charge >= 0.3 is 0 Å². The first-order chi connectivity index (χ1) is 14.2. The van der Waals surface area contributed by atoms with Crippen LogP contribution in [-0.2, 0) is 17.6 Å². The Morgan fingerprint density at radius 2 is 2.10 bits per heavy atom. The third-order valence-electron chi connectivity index (χ3n) is 5.41. The fourth-order valence-corrected chi connectivity index (χ4v) is 4.88. The summed E-state index contributed by atoms with van der Waals surface area (Å²) in [6.07, 6.45) is 3.48. The lowest BCUT2D eigenvalue weighted by atomic mass is 9.78. The van der Waals surface area contributed by atoms with Crippen LogP contribution in [0.4, 0.5) is 5.13 Å². The zero-order valence-corrected chi connectivity index (χ0v) is 18.2. The number of carbonyl (C=O) groups excluding carboxylic acids is 2. The SMILES string of the molecule is Cc1nc2c(C#N)cnn2c(C)c1CCC(=O)Nc1nc2c(s1)C(=O)CC(C)(C)C2. The highest BCUT2D eigenvalue weighted by molar-refractivity contribution is 7.17. The maximum atomic E-state index is 12.5. The Balaban J connectivity index is 1.48. The molecule has 0 atom stereocenters. The van der Waals surface area contributed by atoms with Crippen LogP contribution in [0.2, 0.25) is 0 Å². The molecule has 3 aromatic rings. The van der Waals surface area contributed by atoms with E-state index in [-0.39, 0.29) is 23.5 Å². The first kappa shape index (κ1) is 20.2. The summed E-state index contributed by atoms with van der Waals surface area (Å²) >= 11 is 1.26. The van der Waals surface area contributed by atoms with E-state index in [9.17, 15) is 14.9 Å². The third-order valence-corrected chi connectivity index (χ3v) is 6.47. The highest BCUT2D eigenvalue weighted by atomic mass is 32.1. The number of aryl methyl sites for hydroxylation is 2. The van der Waals surface area contributed by atoms with E-state index in [1.807, 2.05) is 13.8 Å². The number of hydrogen-bond acceptors (Lipinski definition) is 7. The molecule has 3 heterocycles. The predicted molar refractivity (Wildman–Crippen MR) is 113 cm³/mol. The molecule has 1 aliphatic carbocycles. The van der Waals surface area contributed by atoms with E-state index in [0.29, 0.717) is 34.1 Å². The number of nitrogens with one attached hydrogen (secondary N) is 1. The maximum absolute atomic E-state index is 12.5. The highest BCUT2D eigenvalue weighted by Gasteiger charge is 2.34. The molecule has 0 fully saturated rings. The van der Waals surface area contributed by atoms with Gasteiger partial charge < -0.3 is 5.32 Å². The van der Waals surface area contributed by atoms with Crippen molar-refractivity contribution >= 4 is 33.8 Å². The van der Waals surface area contributed by atoms with Gasteiger partial charge in [-0.05, 0) is 37.7 Å². The molecule has 1 N–H and O–H groups in total. The second-order valence-corrected chi connectivity index (χ2v) is 9.45. The van der Waals surface area contributed by atoms with Gasteiger partial charge in [-0.15, -0.1) is 0 Å². The lowest BCUT2D eigenvalue weighted by Gasteiger charge is -2.26. The minimum atomic E-state index is -0.162. The van der Waals surface area contributed by atoms with Crippen molar-refractivity contribution in [3.63, 3.8) is 0 Å². The molecule has 0 aromatic carbocycles. The Kier molecular flexibility index (Phi) is 4.90. The monoisotopic (exact) mass is 422 g/mol. The number of thiazole rings is 1. The van der Waals surface area contributed by atoms with E-state index >= 15 is 0 Å². The van der Waals surface area contributed by atoms with Gasteiger partial charge in [0.25, 0.3) is 0 Å². The number of aromatic nitrogens is 4. The summed E-state index contributed by atoms with van der Waals surface area (Å²) in [6.45, 7) is 7.89. The van der Waals surface area contributed by atoms with Crippen LogP contribution in [0.25, 0.3) is 5.65 Å². The predicted octanol–water partition coefficient (Wildman–Crippen LogP) is 3.40. The summed E-state index contributed by atoms with van der Waals surface area (Å²) in [6, 6.07) is 2.09. The van der Waals surface area contributed by atoms with E-state index in [1.165, 1.54) is 17.5 Å². The van der Waals surface area contributed by atoms with Crippen LogP contribution in [0, 0.1) is 30.6 Å². The highest BCUT2D eigenvalue weighted by Crippen LogP contribution is 2.38. The Morgan fingerprint density at radius 1 is 1.33 bits per heavy atom. The summed E-state index contributed by atoms with van der Waals surface area (Å²) in [4.78, 5) is 34.5. The van der Waals surface area contributed by atoms with E-state index in [2.05, 4.69) is 40.3 Å². The van der Waals surface area contributed by atoms with Gasteiger partial charge in [0.2, 0.25) is 5.91 Å². The molecule has 3 aromatic heterocycles. The van der Waals surface area contributed by atoms with E-state index in [1.54, 1.807) is 4.52 Å². The molecule has 9 heteroatoms. The van der Waals surface area contributed by atoms with Gasteiger partial charge in [0.15, 0.2) is 16.6 Å². The molecular weight excluding hydrogens is 400 g/mol. The van der Waals surface area contributed by atoms with Gasteiger partial charge in [0.05, 0.1) is 16.8 Å². The van der Waals surface area contributed by atoms with Gasteiger partial charge in [-0.3, -0.25) is 9.59 Å². The van der Waals surface area contributed by atoms with E-state index in [4.69, 9.17) is 0 Å². The van der Waals surface area contributed by atoms with Gasteiger partial charge in [-0.2, -0.15) is 10.4 Å². The van der Waals surface area contributed by atoms with Crippen molar-refractivity contribution in [1.29, 1.82) is 5.26 Å². The van der Waals surface area contributed by atoms with Crippen LogP contribution < -0.4 is 5.32 Å².